The van der Waals surface area contributed by atoms with Crippen LogP contribution in [-0.4, -0.2) is 0 Å². The minimum atomic E-state index is 0.680. The third kappa shape index (κ3) is 3.95. The van der Waals surface area contributed by atoms with Gasteiger partial charge in [-0.3, -0.25) is 0 Å². The highest BCUT2D eigenvalue weighted by Gasteiger charge is 2.11. The van der Waals surface area contributed by atoms with Gasteiger partial charge in [0.15, 0.2) is 0 Å². The van der Waals surface area contributed by atoms with Gasteiger partial charge in [0.05, 0.1) is 23.3 Å². The Hall–Kier alpha value is -3.48. The molecule has 3 aromatic heterocycles. The van der Waals surface area contributed by atoms with Gasteiger partial charge in [0.25, 0.3) is 0 Å². The van der Waals surface area contributed by atoms with E-state index in [-0.39, 0.29) is 0 Å². The first-order valence-corrected chi connectivity index (χ1v) is 12.0. The Balaban J connectivity index is 1.38. The lowest BCUT2D eigenvalue weighted by Crippen LogP contribution is -1.74. The van der Waals surface area contributed by atoms with E-state index in [1.165, 1.54) is 29.3 Å². The third-order valence-corrected chi connectivity index (χ3v) is 8.65. The van der Waals surface area contributed by atoms with Crippen LogP contribution in [0.2, 0.25) is 0 Å². The number of hydrogen-bond donors (Lipinski definition) is 0. The predicted molar refractivity (Wildman–Crippen MR) is 131 cm³/mol. The summed E-state index contributed by atoms with van der Waals surface area (Å²) in [7, 11) is 0. The Morgan fingerprint density at radius 3 is 1.00 bits per heavy atom. The van der Waals surface area contributed by atoms with Crippen LogP contribution in [0.3, 0.4) is 0 Å². The third-order valence-electron chi connectivity index (χ3n) is 4.90. The van der Waals surface area contributed by atoms with Crippen molar-refractivity contribution in [2.24, 2.45) is 0 Å². The van der Waals surface area contributed by atoms with Crippen LogP contribution in [0.1, 0.15) is 11.1 Å². The fraction of sp³-hybridized carbons (Fsp3) is 0. The van der Waals surface area contributed by atoms with Gasteiger partial charge in [-0.25, -0.2) is 0 Å². The molecule has 5 heteroatoms. The molecule has 0 amide bonds. The molecule has 0 aliphatic heterocycles. The Bertz CT molecular complexity index is 1330. The summed E-state index contributed by atoms with van der Waals surface area (Å²) in [4.78, 5) is 7.42. The van der Waals surface area contributed by atoms with Crippen LogP contribution in [0.15, 0.2) is 84.9 Å². The lowest BCUT2D eigenvalue weighted by Gasteiger charge is -1.97. The summed E-state index contributed by atoms with van der Waals surface area (Å²) in [6.07, 6.45) is 0. The van der Waals surface area contributed by atoms with Gasteiger partial charge in [-0.05, 0) is 71.8 Å². The topological polar surface area (TPSA) is 47.6 Å². The average Bonchev–Trinajstić information content (AvgIpc) is 3.59. The number of thiophene rings is 3. The number of nitrogens with zero attached hydrogens (tertiary/aromatic N) is 2. The zero-order valence-electron chi connectivity index (χ0n) is 16.2. The molecule has 0 saturated carbocycles. The molecule has 0 fully saturated rings. The van der Waals surface area contributed by atoms with Crippen LogP contribution in [0.4, 0.5) is 0 Å². The van der Waals surface area contributed by atoms with Crippen LogP contribution in [0.5, 0.6) is 0 Å². The van der Waals surface area contributed by atoms with E-state index in [1.54, 1.807) is 34.0 Å². The average molecular weight is 451 g/mol. The van der Waals surface area contributed by atoms with E-state index in [1.807, 2.05) is 48.5 Å². The van der Waals surface area contributed by atoms with Crippen LogP contribution >= 0.6 is 34.0 Å². The zero-order valence-corrected chi connectivity index (χ0v) is 18.7. The lowest BCUT2D eigenvalue weighted by molar-refractivity contribution is 1.49. The maximum Gasteiger partial charge on any atom is 0.0991 e. The number of rotatable bonds is 4. The van der Waals surface area contributed by atoms with Gasteiger partial charge in [0.1, 0.15) is 0 Å². The van der Waals surface area contributed by atoms with Crippen molar-refractivity contribution in [3.8, 4) is 52.5 Å². The predicted octanol–water partition coefficient (Wildman–Crippen LogP) is 8.28. The highest BCUT2D eigenvalue weighted by atomic mass is 32.1. The van der Waals surface area contributed by atoms with Gasteiger partial charge in [-0.1, -0.05) is 24.3 Å². The first-order valence-electron chi connectivity index (χ1n) is 9.55. The van der Waals surface area contributed by atoms with Crippen molar-refractivity contribution in [1.29, 1.82) is 10.5 Å². The smallest absolute Gasteiger partial charge is 0.0991 e. The van der Waals surface area contributed by atoms with Gasteiger partial charge in [0.2, 0.25) is 0 Å². The fourth-order valence-electron chi connectivity index (χ4n) is 3.27. The standard InChI is InChI=1S/C26H14N2S3/c27-15-17-1-5-19(6-2-17)21-9-11-23(29-21)25-13-14-26(31-25)24-12-10-22(30-24)20-7-3-18(16-28)4-8-20/h1-14H. The molecular formula is C26H14N2S3. The van der Waals surface area contributed by atoms with Crippen molar-refractivity contribution in [1.82, 2.24) is 0 Å². The summed E-state index contributed by atoms with van der Waals surface area (Å²) in [6, 6.07) is 32.8. The Morgan fingerprint density at radius 1 is 0.387 bits per heavy atom. The molecule has 5 rings (SSSR count). The Morgan fingerprint density at radius 2 is 0.677 bits per heavy atom. The quantitative estimate of drug-likeness (QED) is 0.276. The summed E-state index contributed by atoms with van der Waals surface area (Å²) >= 11 is 5.35. The first-order chi connectivity index (χ1) is 15.2. The molecule has 5 aromatic rings. The van der Waals surface area contributed by atoms with Crippen molar-refractivity contribution in [3.63, 3.8) is 0 Å². The molecule has 0 N–H and O–H groups in total. The summed E-state index contributed by atoms with van der Waals surface area (Å²) < 4.78 is 0. The Labute approximate surface area is 192 Å². The summed E-state index contributed by atoms with van der Waals surface area (Å²) in [5.74, 6) is 0. The summed E-state index contributed by atoms with van der Waals surface area (Å²) in [6.45, 7) is 0. The maximum atomic E-state index is 8.98. The van der Waals surface area contributed by atoms with E-state index >= 15 is 0 Å². The number of nitriles is 2. The van der Waals surface area contributed by atoms with Gasteiger partial charge in [0, 0.05) is 29.3 Å². The van der Waals surface area contributed by atoms with Crippen molar-refractivity contribution in [2.75, 3.05) is 0 Å². The van der Waals surface area contributed by atoms with Crippen molar-refractivity contribution < 1.29 is 0 Å². The molecule has 146 valence electrons. The molecule has 0 radical (unpaired) electrons. The molecule has 31 heavy (non-hydrogen) atoms. The van der Waals surface area contributed by atoms with Gasteiger partial charge >= 0.3 is 0 Å². The molecule has 0 aliphatic carbocycles. The number of hydrogen-bond acceptors (Lipinski definition) is 5. The molecule has 2 nitrogen and oxygen atoms in total. The van der Waals surface area contributed by atoms with Crippen LogP contribution in [0.25, 0.3) is 40.4 Å². The maximum absolute atomic E-state index is 8.98. The molecular weight excluding hydrogens is 437 g/mol. The van der Waals surface area contributed by atoms with Gasteiger partial charge < -0.3 is 0 Å². The largest absolute Gasteiger partial charge is 0.192 e. The van der Waals surface area contributed by atoms with Crippen LogP contribution in [0, 0.1) is 22.7 Å². The van der Waals surface area contributed by atoms with E-state index in [9.17, 15) is 0 Å². The SMILES string of the molecule is N#Cc1ccc(-c2ccc(-c3ccc(-c4ccc(-c5ccc(C#N)cc5)s4)s3)s2)cc1. The minimum absolute atomic E-state index is 0.680. The highest BCUT2D eigenvalue weighted by Crippen LogP contribution is 2.43. The van der Waals surface area contributed by atoms with Gasteiger partial charge in [-0.15, -0.1) is 34.0 Å². The Kier molecular flexibility index (Phi) is 5.24. The molecule has 0 bridgehead atoms. The highest BCUT2D eigenvalue weighted by molar-refractivity contribution is 7.27. The lowest BCUT2D eigenvalue weighted by atomic mass is 10.1. The monoisotopic (exact) mass is 450 g/mol. The molecule has 0 unspecified atom stereocenters. The van der Waals surface area contributed by atoms with E-state index in [0.717, 1.165) is 11.1 Å². The zero-order chi connectivity index (χ0) is 21.2. The van der Waals surface area contributed by atoms with Crippen molar-refractivity contribution >= 4 is 34.0 Å². The second-order valence-electron chi connectivity index (χ2n) is 6.87. The van der Waals surface area contributed by atoms with Crippen LogP contribution < -0.4 is 0 Å². The van der Waals surface area contributed by atoms with Crippen molar-refractivity contribution in [3.05, 3.63) is 96.1 Å². The second kappa shape index (κ2) is 8.34. The molecule has 3 heterocycles. The molecule has 0 spiro atoms. The fourth-order valence-corrected chi connectivity index (χ4v) is 6.48. The summed E-state index contributed by atoms with van der Waals surface area (Å²) in [5, 5.41) is 18.0. The molecule has 0 saturated heterocycles. The molecule has 0 aliphatic rings. The van der Waals surface area contributed by atoms with E-state index in [0.29, 0.717) is 11.1 Å². The first kappa shape index (κ1) is 19.5. The van der Waals surface area contributed by atoms with E-state index in [2.05, 4.69) is 48.5 Å². The van der Waals surface area contributed by atoms with E-state index < -0.39 is 0 Å². The normalized spacial score (nSPS) is 10.5. The minimum Gasteiger partial charge on any atom is -0.192 e. The second-order valence-corrected chi connectivity index (χ2v) is 10.1. The van der Waals surface area contributed by atoms with Crippen molar-refractivity contribution in [2.45, 2.75) is 0 Å². The van der Waals surface area contributed by atoms with Crippen LogP contribution in [-0.2, 0) is 0 Å². The van der Waals surface area contributed by atoms with Gasteiger partial charge in [-0.2, -0.15) is 10.5 Å². The molecule has 0 atom stereocenters. The van der Waals surface area contributed by atoms with E-state index in [4.69, 9.17) is 10.5 Å². The number of benzene rings is 2. The molecule has 2 aromatic carbocycles. The summed E-state index contributed by atoms with van der Waals surface area (Å²) in [5.41, 5.74) is 3.63.